The molecule has 1 heterocycles. The lowest BCUT2D eigenvalue weighted by Gasteiger charge is -2.38. The first-order chi connectivity index (χ1) is 10.6. The van der Waals surface area contributed by atoms with Gasteiger partial charge in [0.05, 0.1) is 6.54 Å². The molecule has 0 saturated carbocycles. The Bertz CT molecular complexity index is 577. The number of carbonyl (C=O) groups is 3. The van der Waals surface area contributed by atoms with E-state index < -0.39 is 28.4 Å². The van der Waals surface area contributed by atoms with Crippen LogP contribution in [0.15, 0.2) is 0 Å². The Hall–Kier alpha value is -1.92. The van der Waals surface area contributed by atoms with E-state index in [1.807, 2.05) is 0 Å². The van der Waals surface area contributed by atoms with Crippen molar-refractivity contribution in [2.45, 2.75) is 33.2 Å². The third kappa shape index (κ3) is 5.33. The second kappa shape index (κ2) is 7.57. The van der Waals surface area contributed by atoms with Crippen LogP contribution in [0.2, 0.25) is 0 Å². The highest BCUT2D eigenvalue weighted by Crippen LogP contribution is 2.17. The van der Waals surface area contributed by atoms with Crippen LogP contribution >= 0.6 is 0 Å². The minimum absolute atomic E-state index is 0.0540. The van der Waals surface area contributed by atoms with Crippen molar-refractivity contribution in [3.8, 4) is 0 Å². The number of nitrogens with zero attached hydrogens (tertiary/aromatic N) is 2. The van der Waals surface area contributed by atoms with Gasteiger partial charge in [-0.15, -0.1) is 4.28 Å². The lowest BCUT2D eigenvalue weighted by Crippen LogP contribution is -2.61. The lowest BCUT2D eigenvalue weighted by molar-refractivity contribution is -0.135. The summed E-state index contributed by atoms with van der Waals surface area (Å²) in [5.41, 5.74) is 4.45. The topological polar surface area (TPSA) is 145 Å². The normalized spacial score (nSPS) is 19.0. The van der Waals surface area contributed by atoms with Crippen molar-refractivity contribution in [3.63, 3.8) is 0 Å². The number of hydrazine groups is 1. The molecule has 0 aromatic heterocycles. The summed E-state index contributed by atoms with van der Waals surface area (Å²) < 4.78 is 34.2. The smallest absolute Gasteiger partial charge is 0.311 e. The Morgan fingerprint density at radius 3 is 2.48 bits per heavy atom. The molecule has 0 bridgehead atoms. The average molecular weight is 352 g/mol. The van der Waals surface area contributed by atoms with Crippen LogP contribution in [0.3, 0.4) is 0 Å². The Labute approximate surface area is 133 Å². The summed E-state index contributed by atoms with van der Waals surface area (Å²) in [4.78, 5) is 36.7. The molecule has 1 fully saturated rings. The summed E-state index contributed by atoms with van der Waals surface area (Å²) in [7, 11) is -4.84. The molecule has 0 aliphatic carbocycles. The van der Waals surface area contributed by atoms with Crippen molar-refractivity contribution in [2.24, 2.45) is 5.92 Å². The molecular formula is C11H20N4O7S. The Kier molecular flexibility index (Phi) is 6.29. The van der Waals surface area contributed by atoms with Crippen LogP contribution in [0.25, 0.3) is 0 Å². The molecule has 1 rings (SSSR count). The molecule has 0 unspecified atom stereocenters. The van der Waals surface area contributed by atoms with Gasteiger partial charge in [-0.05, 0) is 13.3 Å². The van der Waals surface area contributed by atoms with E-state index in [1.165, 1.54) is 0 Å². The van der Waals surface area contributed by atoms with Crippen molar-refractivity contribution in [2.75, 3.05) is 13.1 Å². The number of rotatable bonds is 5. The van der Waals surface area contributed by atoms with Gasteiger partial charge in [-0.2, -0.15) is 13.5 Å². The van der Waals surface area contributed by atoms with Gasteiger partial charge in [0.1, 0.15) is 6.04 Å². The molecule has 3 N–H and O–H groups in total. The van der Waals surface area contributed by atoms with Crippen LogP contribution < -0.4 is 10.9 Å². The maximum Gasteiger partial charge on any atom is 0.418 e. The predicted octanol–water partition coefficient (Wildman–Crippen LogP) is -0.960. The molecule has 1 atom stereocenters. The third-order valence-corrected chi connectivity index (χ3v) is 3.47. The number of carbonyl (C=O) groups excluding carboxylic acids is 3. The van der Waals surface area contributed by atoms with Gasteiger partial charge in [-0.1, -0.05) is 13.8 Å². The number of urea groups is 1. The van der Waals surface area contributed by atoms with E-state index in [4.69, 9.17) is 4.55 Å². The lowest BCUT2D eigenvalue weighted by atomic mass is 10.1. The number of hydrogen-bond acceptors (Lipinski definition) is 6. The maximum atomic E-state index is 12.1. The van der Waals surface area contributed by atoms with Gasteiger partial charge in [0, 0.05) is 12.5 Å². The second-order valence-electron chi connectivity index (χ2n) is 5.11. The molecule has 1 aliphatic rings. The minimum atomic E-state index is -4.84. The molecule has 4 amide bonds. The highest BCUT2D eigenvalue weighted by molar-refractivity contribution is 7.80. The van der Waals surface area contributed by atoms with Crippen LogP contribution in [0.4, 0.5) is 4.79 Å². The van der Waals surface area contributed by atoms with Crippen LogP contribution in [0.1, 0.15) is 27.2 Å². The van der Waals surface area contributed by atoms with Gasteiger partial charge >= 0.3 is 16.4 Å². The van der Waals surface area contributed by atoms with Gasteiger partial charge in [0.25, 0.3) is 5.91 Å². The summed E-state index contributed by atoms with van der Waals surface area (Å²) in [5, 5.41) is 0.454. The van der Waals surface area contributed by atoms with E-state index in [1.54, 1.807) is 20.8 Å². The van der Waals surface area contributed by atoms with Crippen molar-refractivity contribution in [3.05, 3.63) is 0 Å². The second-order valence-corrected chi connectivity index (χ2v) is 6.12. The SMILES string of the molecule is CCN1C(=O)N(OS(=O)(=O)O)CC[C@H]1C(=O)NNC(=O)C(C)C. The zero-order valence-electron chi connectivity index (χ0n) is 13.0. The summed E-state index contributed by atoms with van der Waals surface area (Å²) in [6.45, 7) is 4.76. The molecule has 0 spiro atoms. The van der Waals surface area contributed by atoms with Gasteiger partial charge in [-0.25, -0.2) is 4.79 Å². The minimum Gasteiger partial charge on any atom is -0.311 e. The maximum absolute atomic E-state index is 12.1. The fourth-order valence-electron chi connectivity index (χ4n) is 1.93. The first kappa shape index (κ1) is 19.1. The van der Waals surface area contributed by atoms with E-state index in [0.29, 0.717) is 5.06 Å². The Morgan fingerprint density at radius 2 is 2.00 bits per heavy atom. The van der Waals surface area contributed by atoms with Gasteiger partial charge in [-0.3, -0.25) is 25.0 Å². The molecule has 0 aromatic rings. The summed E-state index contributed by atoms with van der Waals surface area (Å²) in [5.74, 6) is -1.33. The monoisotopic (exact) mass is 352 g/mol. The molecule has 1 aliphatic heterocycles. The zero-order chi connectivity index (χ0) is 17.8. The molecule has 11 nitrogen and oxygen atoms in total. The van der Waals surface area contributed by atoms with E-state index in [0.717, 1.165) is 4.90 Å². The van der Waals surface area contributed by atoms with Crippen LogP contribution in [-0.2, 0) is 24.3 Å². The zero-order valence-corrected chi connectivity index (χ0v) is 13.8. The van der Waals surface area contributed by atoms with E-state index in [9.17, 15) is 22.8 Å². The van der Waals surface area contributed by atoms with E-state index >= 15 is 0 Å². The predicted molar refractivity (Wildman–Crippen MR) is 76.6 cm³/mol. The first-order valence-corrected chi connectivity index (χ1v) is 8.28. The third-order valence-electron chi connectivity index (χ3n) is 3.10. The molecule has 23 heavy (non-hydrogen) atoms. The van der Waals surface area contributed by atoms with E-state index in [-0.39, 0.29) is 31.3 Å². The number of likely N-dealkylation sites (N-methyl/N-ethyl adjacent to an activating group) is 1. The highest BCUT2D eigenvalue weighted by atomic mass is 32.3. The van der Waals surface area contributed by atoms with Crippen molar-refractivity contribution in [1.82, 2.24) is 20.8 Å². The number of nitrogens with one attached hydrogen (secondary N) is 2. The molecular weight excluding hydrogens is 332 g/mol. The van der Waals surface area contributed by atoms with Crippen LogP contribution in [-0.4, -0.2) is 59.9 Å². The van der Waals surface area contributed by atoms with Gasteiger partial charge in [0.2, 0.25) is 5.91 Å². The van der Waals surface area contributed by atoms with Gasteiger partial charge < -0.3 is 4.90 Å². The molecule has 1 saturated heterocycles. The van der Waals surface area contributed by atoms with Crippen LogP contribution in [0.5, 0.6) is 0 Å². The fourth-order valence-corrected chi connectivity index (χ4v) is 2.30. The molecule has 0 radical (unpaired) electrons. The largest absolute Gasteiger partial charge is 0.418 e. The van der Waals surface area contributed by atoms with Crippen molar-refractivity contribution >= 4 is 28.2 Å². The van der Waals surface area contributed by atoms with E-state index in [2.05, 4.69) is 15.1 Å². The average Bonchev–Trinajstić information content (AvgIpc) is 2.44. The summed E-state index contributed by atoms with van der Waals surface area (Å²) in [6.07, 6.45) is 0.0540. The van der Waals surface area contributed by atoms with Crippen molar-refractivity contribution < 1.29 is 31.6 Å². The summed E-state index contributed by atoms with van der Waals surface area (Å²) >= 11 is 0. The highest BCUT2D eigenvalue weighted by Gasteiger charge is 2.39. The number of hydroxylamine groups is 2. The molecule has 12 heteroatoms. The Morgan fingerprint density at radius 1 is 1.39 bits per heavy atom. The first-order valence-electron chi connectivity index (χ1n) is 6.91. The summed E-state index contributed by atoms with van der Waals surface area (Å²) in [6, 6.07) is -1.78. The standard InChI is InChI=1S/C11H20N4O7S/c1-4-14-8(10(17)13-12-9(16)7(2)3)5-6-15(11(14)18)22-23(19,20)21/h7-8H,4-6H2,1-3H3,(H,12,16)(H,13,17)(H,19,20,21)/t8-/m0/s1. The fraction of sp³-hybridized carbons (Fsp3) is 0.727. The van der Waals surface area contributed by atoms with Gasteiger partial charge in [0.15, 0.2) is 0 Å². The quantitative estimate of drug-likeness (QED) is 0.427. The molecule has 0 aromatic carbocycles. The van der Waals surface area contributed by atoms with Crippen molar-refractivity contribution in [1.29, 1.82) is 0 Å². The molecule has 132 valence electrons. The number of amides is 4. The van der Waals surface area contributed by atoms with Crippen LogP contribution in [0, 0.1) is 5.92 Å². The Balaban J connectivity index is 2.73. The number of hydrogen-bond donors (Lipinski definition) is 3.